The molecule has 2 aliphatic rings. The molecule has 0 spiro atoms. The van der Waals surface area contributed by atoms with E-state index in [4.69, 9.17) is 0 Å². The van der Waals surface area contributed by atoms with Gasteiger partial charge in [-0.3, -0.25) is 4.79 Å². The van der Waals surface area contributed by atoms with E-state index < -0.39 is 0 Å². The number of fused-ring (bicyclic) bond motifs is 3. The molecule has 0 radical (unpaired) electrons. The summed E-state index contributed by atoms with van der Waals surface area (Å²) in [7, 11) is 1.98. The fraction of sp³-hybridized carbons (Fsp3) is 0.409. The van der Waals surface area contributed by atoms with E-state index in [0.29, 0.717) is 18.4 Å². The van der Waals surface area contributed by atoms with Crippen LogP contribution in [0, 0.1) is 6.92 Å². The number of carbonyl (C=O) groups is 1. The maximum Gasteiger partial charge on any atom is 0.222 e. The zero-order valence-electron chi connectivity index (χ0n) is 15.2. The lowest BCUT2D eigenvalue weighted by Gasteiger charge is -2.50. The van der Waals surface area contributed by atoms with Gasteiger partial charge in [0, 0.05) is 34.7 Å². The van der Waals surface area contributed by atoms with Gasteiger partial charge < -0.3 is 4.90 Å². The van der Waals surface area contributed by atoms with E-state index in [-0.39, 0.29) is 5.41 Å². The molecule has 1 saturated heterocycles. The van der Waals surface area contributed by atoms with Gasteiger partial charge in [0.05, 0.1) is 0 Å². The predicted molar refractivity (Wildman–Crippen MR) is 103 cm³/mol. The number of amides is 1. The largest absolute Gasteiger partial charge is 0.342 e. The van der Waals surface area contributed by atoms with Gasteiger partial charge in [-0.15, -0.1) is 0 Å². The average Bonchev–Trinajstić information content (AvgIpc) is 2.58. The third-order valence-electron chi connectivity index (χ3n) is 6.06. The summed E-state index contributed by atoms with van der Waals surface area (Å²) in [5.74, 6) is 0.303. The van der Waals surface area contributed by atoms with Crippen LogP contribution in [0.3, 0.4) is 0 Å². The van der Waals surface area contributed by atoms with Crippen molar-refractivity contribution in [3.63, 3.8) is 0 Å². The number of benzene rings is 2. The van der Waals surface area contributed by atoms with Gasteiger partial charge in [0.2, 0.25) is 5.91 Å². The van der Waals surface area contributed by atoms with Crippen LogP contribution in [0.2, 0.25) is 0 Å². The predicted octanol–water partition coefficient (Wildman–Crippen LogP) is 4.97. The molecule has 1 amide bonds. The topological polar surface area (TPSA) is 20.3 Å². The molecule has 1 fully saturated rings. The molecule has 2 nitrogen and oxygen atoms in total. The first-order valence-electron chi connectivity index (χ1n) is 9.11. The summed E-state index contributed by atoms with van der Waals surface area (Å²) in [4.78, 5) is 16.7. The molecule has 1 unspecified atom stereocenters. The molecule has 0 bridgehead atoms. The minimum atomic E-state index is 0.1000. The van der Waals surface area contributed by atoms with Crippen molar-refractivity contribution in [3.05, 3.63) is 59.2 Å². The van der Waals surface area contributed by atoms with Gasteiger partial charge in [0.1, 0.15) is 0 Å². The molecule has 3 heteroatoms. The van der Waals surface area contributed by atoms with Crippen LogP contribution in [0.1, 0.15) is 42.9 Å². The van der Waals surface area contributed by atoms with Gasteiger partial charge in [0.15, 0.2) is 0 Å². The van der Waals surface area contributed by atoms with E-state index in [2.05, 4.69) is 56.3 Å². The van der Waals surface area contributed by atoms with Gasteiger partial charge in [0.25, 0.3) is 0 Å². The second-order valence-electron chi connectivity index (χ2n) is 7.71. The van der Waals surface area contributed by atoms with Crippen LogP contribution in [0.4, 0.5) is 0 Å². The van der Waals surface area contributed by atoms with Crippen LogP contribution < -0.4 is 0 Å². The van der Waals surface area contributed by atoms with Crippen molar-refractivity contribution in [2.45, 2.75) is 60.8 Å². The molecule has 1 heterocycles. The SMILES string of the molecule is Cc1cccc(Sc2ccc3c(c2)CCC2N(C)C(=O)CC[C@]32C)c1. The zero-order valence-corrected chi connectivity index (χ0v) is 16.0. The fourth-order valence-electron chi connectivity index (χ4n) is 4.64. The minimum absolute atomic E-state index is 0.1000. The Labute approximate surface area is 154 Å². The third kappa shape index (κ3) is 2.89. The van der Waals surface area contributed by atoms with Gasteiger partial charge in [-0.05, 0) is 61.6 Å². The Bertz CT molecular complexity index is 831. The Morgan fingerprint density at radius 2 is 1.92 bits per heavy atom. The van der Waals surface area contributed by atoms with Crippen molar-refractivity contribution in [2.75, 3.05) is 7.05 Å². The first kappa shape index (κ1) is 16.7. The standard InChI is InChI=1S/C22H25NOS/c1-15-5-4-6-17(13-15)25-18-8-9-19-16(14-18)7-10-20-22(19,2)12-11-21(24)23(20)3/h4-6,8-9,13-14,20H,7,10-12H2,1-3H3/t20?,22-/m1/s1. The molecule has 4 rings (SSSR count). The number of rotatable bonds is 2. The van der Waals surface area contributed by atoms with E-state index in [1.54, 1.807) is 0 Å². The molecular formula is C22H25NOS. The normalized spacial score (nSPS) is 25.5. The lowest BCUT2D eigenvalue weighted by Crippen LogP contribution is -2.56. The molecule has 0 saturated carbocycles. The van der Waals surface area contributed by atoms with Crippen LogP contribution in [0.15, 0.2) is 52.3 Å². The smallest absolute Gasteiger partial charge is 0.222 e. The summed E-state index contributed by atoms with van der Waals surface area (Å²) in [6.07, 6.45) is 3.78. The monoisotopic (exact) mass is 351 g/mol. The van der Waals surface area contributed by atoms with Gasteiger partial charge in [-0.1, -0.05) is 42.4 Å². The molecule has 130 valence electrons. The van der Waals surface area contributed by atoms with Crippen molar-refractivity contribution in [1.82, 2.24) is 4.90 Å². The number of likely N-dealkylation sites (tertiary alicyclic amines) is 1. The van der Waals surface area contributed by atoms with Crippen LogP contribution in [-0.4, -0.2) is 23.9 Å². The second-order valence-corrected chi connectivity index (χ2v) is 8.86. The molecule has 0 aromatic heterocycles. The Kier molecular flexibility index (Phi) is 4.15. The molecule has 2 aromatic rings. The lowest BCUT2D eigenvalue weighted by atomic mass is 9.63. The zero-order chi connectivity index (χ0) is 17.6. The van der Waals surface area contributed by atoms with Crippen LogP contribution in [-0.2, 0) is 16.6 Å². The highest BCUT2D eigenvalue weighted by atomic mass is 32.2. The van der Waals surface area contributed by atoms with Crippen molar-refractivity contribution in [3.8, 4) is 0 Å². The van der Waals surface area contributed by atoms with Crippen molar-refractivity contribution in [1.29, 1.82) is 0 Å². The number of nitrogens with zero attached hydrogens (tertiary/aromatic N) is 1. The summed E-state index contributed by atoms with van der Waals surface area (Å²) in [6.45, 7) is 4.49. The van der Waals surface area contributed by atoms with Crippen molar-refractivity contribution < 1.29 is 4.79 Å². The number of hydrogen-bond acceptors (Lipinski definition) is 2. The number of likely N-dealkylation sites (N-methyl/N-ethyl adjacent to an activating group) is 1. The average molecular weight is 352 g/mol. The van der Waals surface area contributed by atoms with E-state index in [1.807, 2.05) is 23.7 Å². The molecule has 2 atom stereocenters. The number of carbonyl (C=O) groups excluding carboxylic acids is 1. The number of aryl methyl sites for hydroxylation is 2. The third-order valence-corrected chi connectivity index (χ3v) is 7.04. The highest BCUT2D eigenvalue weighted by molar-refractivity contribution is 7.99. The van der Waals surface area contributed by atoms with Crippen molar-refractivity contribution >= 4 is 17.7 Å². The first-order valence-corrected chi connectivity index (χ1v) is 9.92. The van der Waals surface area contributed by atoms with Crippen LogP contribution in [0.25, 0.3) is 0 Å². The molecular weight excluding hydrogens is 326 g/mol. The molecule has 1 aliphatic heterocycles. The van der Waals surface area contributed by atoms with Gasteiger partial charge in [-0.2, -0.15) is 0 Å². The highest BCUT2D eigenvalue weighted by Gasteiger charge is 2.46. The maximum atomic E-state index is 12.1. The second kappa shape index (κ2) is 6.21. The Morgan fingerprint density at radius 3 is 2.72 bits per heavy atom. The van der Waals surface area contributed by atoms with E-state index in [1.165, 1.54) is 26.5 Å². The molecule has 25 heavy (non-hydrogen) atoms. The fourth-order valence-corrected chi connectivity index (χ4v) is 5.64. The van der Waals surface area contributed by atoms with Gasteiger partial charge in [-0.25, -0.2) is 0 Å². The van der Waals surface area contributed by atoms with Crippen molar-refractivity contribution in [2.24, 2.45) is 0 Å². The Morgan fingerprint density at radius 1 is 1.12 bits per heavy atom. The molecule has 2 aromatic carbocycles. The molecule has 1 aliphatic carbocycles. The van der Waals surface area contributed by atoms with E-state index >= 15 is 0 Å². The summed E-state index contributed by atoms with van der Waals surface area (Å²) in [5.41, 5.74) is 4.33. The van der Waals surface area contributed by atoms with E-state index in [0.717, 1.165) is 19.3 Å². The Hall–Kier alpha value is -1.74. The summed E-state index contributed by atoms with van der Waals surface area (Å²) >= 11 is 1.84. The summed E-state index contributed by atoms with van der Waals surface area (Å²) in [6, 6.07) is 16.0. The molecule has 0 N–H and O–H groups in total. The Balaban J connectivity index is 1.65. The van der Waals surface area contributed by atoms with Gasteiger partial charge >= 0.3 is 0 Å². The highest BCUT2D eigenvalue weighted by Crippen LogP contribution is 2.46. The summed E-state index contributed by atoms with van der Waals surface area (Å²) in [5, 5.41) is 0. The van der Waals surface area contributed by atoms with Crippen LogP contribution in [0.5, 0.6) is 0 Å². The minimum Gasteiger partial charge on any atom is -0.342 e. The number of hydrogen-bond donors (Lipinski definition) is 0. The number of piperidine rings is 1. The maximum absolute atomic E-state index is 12.1. The van der Waals surface area contributed by atoms with Crippen LogP contribution >= 0.6 is 11.8 Å². The first-order chi connectivity index (χ1) is 12.0. The lowest BCUT2D eigenvalue weighted by molar-refractivity contribution is -0.138. The summed E-state index contributed by atoms with van der Waals surface area (Å²) < 4.78 is 0. The quantitative estimate of drug-likeness (QED) is 0.761. The van der Waals surface area contributed by atoms with E-state index in [9.17, 15) is 4.79 Å².